The van der Waals surface area contributed by atoms with Crippen molar-refractivity contribution in [1.82, 2.24) is 14.7 Å². The molecule has 32 heavy (non-hydrogen) atoms. The second-order valence-corrected chi connectivity index (χ2v) is 6.91. The van der Waals surface area contributed by atoms with E-state index in [1.54, 1.807) is 40.9 Å². The molecule has 2 aromatic carbocycles. The Morgan fingerprint density at radius 3 is 2.38 bits per heavy atom. The number of nitrogens with one attached hydrogen (secondary N) is 1. The van der Waals surface area contributed by atoms with E-state index in [2.05, 4.69) is 10.3 Å². The summed E-state index contributed by atoms with van der Waals surface area (Å²) in [6.45, 7) is 4.28. The Balaban J connectivity index is 0.00000141. The molecule has 2 heterocycles. The lowest BCUT2D eigenvalue weighted by molar-refractivity contribution is 0.0696. The van der Waals surface area contributed by atoms with E-state index >= 15 is 0 Å². The van der Waals surface area contributed by atoms with Crippen LogP contribution in [0.3, 0.4) is 0 Å². The first-order chi connectivity index (χ1) is 15.5. The molecule has 2 N–H and O–H groups in total. The largest absolute Gasteiger partial charge is 0.478 e. The van der Waals surface area contributed by atoms with E-state index in [-0.39, 0.29) is 23.8 Å². The van der Waals surface area contributed by atoms with Crippen LogP contribution in [-0.4, -0.2) is 26.4 Å². The van der Waals surface area contributed by atoms with Gasteiger partial charge in [0, 0.05) is 25.4 Å². The molecule has 0 aliphatic heterocycles. The van der Waals surface area contributed by atoms with Gasteiger partial charge in [-0.2, -0.15) is 0 Å². The Hall–Kier alpha value is -4.00. The molecule has 0 spiro atoms. The number of carbonyl (C=O) groups excluding carboxylic acids is 1. The lowest BCUT2D eigenvalue weighted by Gasteiger charge is -2.06. The number of amides is 1. The number of hydrogen-bond donors (Lipinski definition) is 2. The quantitative estimate of drug-likeness (QED) is 0.461. The van der Waals surface area contributed by atoms with E-state index in [0.29, 0.717) is 17.6 Å². The fourth-order valence-electron chi connectivity index (χ4n) is 3.17. The summed E-state index contributed by atoms with van der Waals surface area (Å²) >= 11 is 0. The van der Waals surface area contributed by atoms with Crippen LogP contribution in [-0.2, 0) is 13.0 Å². The van der Waals surface area contributed by atoms with Gasteiger partial charge in [-0.3, -0.25) is 4.79 Å². The number of hydrogen-bond acceptors (Lipinski definition) is 3. The maximum Gasteiger partial charge on any atom is 0.335 e. The summed E-state index contributed by atoms with van der Waals surface area (Å²) in [6.07, 6.45) is 4.01. The number of rotatable bonds is 6. The Morgan fingerprint density at radius 1 is 0.969 bits per heavy atom. The molecule has 164 valence electrons. The van der Waals surface area contributed by atoms with E-state index in [4.69, 9.17) is 5.11 Å². The average molecular weight is 433 g/mol. The third kappa shape index (κ3) is 5.57. The fourth-order valence-corrected chi connectivity index (χ4v) is 3.17. The lowest BCUT2D eigenvalue weighted by Crippen LogP contribution is -2.23. The molecule has 4 rings (SSSR count). The van der Waals surface area contributed by atoms with Crippen molar-refractivity contribution in [2.45, 2.75) is 26.8 Å². The van der Waals surface area contributed by atoms with Gasteiger partial charge < -0.3 is 14.8 Å². The summed E-state index contributed by atoms with van der Waals surface area (Å²) in [5, 5.41) is 11.8. The maximum atomic E-state index is 13.4. The molecule has 0 fully saturated rings. The number of imidazole rings is 1. The van der Waals surface area contributed by atoms with Gasteiger partial charge in [-0.25, -0.2) is 14.2 Å². The van der Waals surface area contributed by atoms with E-state index in [1.807, 2.05) is 26.1 Å². The van der Waals surface area contributed by atoms with Gasteiger partial charge in [0.1, 0.15) is 11.5 Å². The van der Waals surface area contributed by atoms with E-state index < -0.39 is 5.97 Å². The summed E-state index contributed by atoms with van der Waals surface area (Å²) in [7, 11) is 0. The molecule has 6 nitrogen and oxygen atoms in total. The van der Waals surface area contributed by atoms with Crippen molar-refractivity contribution >= 4 is 17.5 Å². The topological polar surface area (TPSA) is 83.7 Å². The minimum Gasteiger partial charge on any atom is -0.478 e. The molecule has 0 radical (unpaired) electrons. The van der Waals surface area contributed by atoms with E-state index in [0.717, 1.165) is 16.8 Å². The van der Waals surface area contributed by atoms with Gasteiger partial charge in [-0.05, 0) is 47.5 Å². The van der Waals surface area contributed by atoms with Gasteiger partial charge in [-0.1, -0.05) is 38.1 Å². The van der Waals surface area contributed by atoms with Crippen LogP contribution in [0.4, 0.5) is 4.39 Å². The Bertz CT molecular complexity index is 1230. The number of pyridine rings is 1. The first-order valence-electron chi connectivity index (χ1n) is 10.3. The van der Waals surface area contributed by atoms with Gasteiger partial charge in [0.25, 0.3) is 5.91 Å². The summed E-state index contributed by atoms with van der Waals surface area (Å²) in [6, 6.07) is 16.2. The predicted octanol–water partition coefficient (Wildman–Crippen LogP) is 4.72. The number of nitrogens with zero attached hydrogens (tertiary/aromatic N) is 2. The Labute approximate surface area is 185 Å². The predicted molar refractivity (Wildman–Crippen MR) is 120 cm³/mol. The zero-order chi connectivity index (χ0) is 23.1. The second-order valence-electron chi connectivity index (χ2n) is 6.91. The molecule has 1 amide bonds. The van der Waals surface area contributed by atoms with Crippen LogP contribution in [0.25, 0.3) is 5.65 Å². The van der Waals surface area contributed by atoms with Crippen molar-refractivity contribution in [3.05, 3.63) is 107 Å². The zero-order valence-corrected chi connectivity index (χ0v) is 17.9. The molecule has 0 aliphatic rings. The number of halogens is 1. The highest BCUT2D eigenvalue weighted by atomic mass is 19.1. The van der Waals surface area contributed by atoms with Crippen LogP contribution in [0.2, 0.25) is 0 Å². The third-order valence-corrected chi connectivity index (χ3v) is 4.69. The highest BCUT2D eigenvalue weighted by Crippen LogP contribution is 2.13. The van der Waals surface area contributed by atoms with Crippen molar-refractivity contribution in [2.24, 2.45) is 0 Å². The van der Waals surface area contributed by atoms with Crippen LogP contribution >= 0.6 is 0 Å². The van der Waals surface area contributed by atoms with Gasteiger partial charge >= 0.3 is 5.97 Å². The van der Waals surface area contributed by atoms with Crippen molar-refractivity contribution < 1.29 is 19.1 Å². The number of benzene rings is 2. The fraction of sp³-hybridized carbons (Fsp3) is 0.160. The van der Waals surface area contributed by atoms with E-state index in [1.165, 1.54) is 24.3 Å². The monoisotopic (exact) mass is 433 g/mol. The number of carbonyl (C=O) groups is 2. The molecular formula is C25H24FN3O3. The van der Waals surface area contributed by atoms with Gasteiger partial charge in [-0.15, -0.1) is 0 Å². The Morgan fingerprint density at radius 2 is 1.69 bits per heavy atom. The first-order valence-corrected chi connectivity index (χ1v) is 10.3. The smallest absolute Gasteiger partial charge is 0.335 e. The first kappa shape index (κ1) is 22.7. The summed E-state index contributed by atoms with van der Waals surface area (Å²) < 4.78 is 15.1. The summed E-state index contributed by atoms with van der Waals surface area (Å²) in [4.78, 5) is 27.9. The normalized spacial score (nSPS) is 10.3. The molecular weight excluding hydrogens is 409 g/mol. The standard InChI is InChI=1S/C23H18FN3O3.C2H6/c24-19-3-1-2-16(10-19)11-20-14-27-13-18(8-9-21(27)26-20)22(28)25-12-15-4-6-17(7-5-15)23(29)30;1-2/h1-10,13-14H,11-12H2,(H,25,28)(H,29,30);1-2H3. The second kappa shape index (κ2) is 10.3. The van der Waals surface area contributed by atoms with Crippen molar-refractivity contribution in [3.63, 3.8) is 0 Å². The van der Waals surface area contributed by atoms with Crippen LogP contribution in [0, 0.1) is 5.82 Å². The number of fused-ring (bicyclic) bond motifs is 1. The highest BCUT2D eigenvalue weighted by molar-refractivity contribution is 5.94. The molecule has 4 aromatic rings. The highest BCUT2D eigenvalue weighted by Gasteiger charge is 2.10. The molecule has 0 saturated carbocycles. The number of aromatic carboxylic acids is 1. The number of carboxylic acid groups (broad SMARTS) is 1. The maximum absolute atomic E-state index is 13.4. The molecule has 0 bridgehead atoms. The lowest BCUT2D eigenvalue weighted by atomic mass is 10.1. The average Bonchev–Trinajstić information content (AvgIpc) is 3.20. The molecule has 0 unspecified atom stereocenters. The van der Waals surface area contributed by atoms with Gasteiger partial charge in [0.2, 0.25) is 0 Å². The van der Waals surface area contributed by atoms with Gasteiger partial charge in [0.15, 0.2) is 0 Å². The SMILES string of the molecule is CC.O=C(O)c1ccc(CNC(=O)c2ccc3nc(Cc4cccc(F)c4)cn3c2)cc1. The van der Waals surface area contributed by atoms with Gasteiger partial charge in [0.05, 0.1) is 16.8 Å². The van der Waals surface area contributed by atoms with Crippen molar-refractivity contribution in [1.29, 1.82) is 0 Å². The van der Waals surface area contributed by atoms with Crippen molar-refractivity contribution in [3.8, 4) is 0 Å². The number of carboxylic acids is 1. The molecule has 0 atom stereocenters. The van der Waals surface area contributed by atoms with E-state index in [9.17, 15) is 14.0 Å². The zero-order valence-electron chi connectivity index (χ0n) is 17.9. The van der Waals surface area contributed by atoms with Crippen LogP contribution in [0.1, 0.15) is 51.4 Å². The minimum atomic E-state index is -0.990. The molecule has 0 saturated heterocycles. The molecule has 2 aromatic heterocycles. The summed E-state index contributed by atoms with van der Waals surface area (Å²) in [5.74, 6) is -1.52. The number of aromatic nitrogens is 2. The Kier molecular flexibility index (Phi) is 7.33. The van der Waals surface area contributed by atoms with Crippen LogP contribution < -0.4 is 5.32 Å². The molecule has 0 aliphatic carbocycles. The van der Waals surface area contributed by atoms with Crippen molar-refractivity contribution in [2.75, 3.05) is 0 Å². The van der Waals surface area contributed by atoms with Crippen LogP contribution in [0.5, 0.6) is 0 Å². The minimum absolute atomic E-state index is 0.199. The summed E-state index contributed by atoms with van der Waals surface area (Å²) in [5.41, 5.74) is 3.77. The molecule has 7 heteroatoms. The van der Waals surface area contributed by atoms with Crippen LogP contribution in [0.15, 0.2) is 73.1 Å². The third-order valence-electron chi connectivity index (χ3n) is 4.69.